The molecule has 2 heterocycles. The van der Waals surface area contributed by atoms with E-state index >= 15 is 0 Å². The van der Waals surface area contributed by atoms with Crippen molar-refractivity contribution in [2.45, 2.75) is 25.3 Å². The normalized spacial score (nSPS) is 14.2. The van der Waals surface area contributed by atoms with Gasteiger partial charge in [0.05, 0.1) is 25.1 Å². The van der Waals surface area contributed by atoms with Gasteiger partial charge in [-0.05, 0) is 25.0 Å². The molecule has 6 heteroatoms. The largest absolute Gasteiger partial charge is 0.467 e. The third kappa shape index (κ3) is 3.27. The Balaban J connectivity index is 1.72. The van der Waals surface area contributed by atoms with Crippen LogP contribution in [0, 0.1) is 0 Å². The summed E-state index contributed by atoms with van der Waals surface area (Å²) in [5, 5.41) is 15.1. The number of hydrogen-bond donors (Lipinski definition) is 3. The molecule has 1 aliphatic rings. The van der Waals surface area contributed by atoms with Crippen LogP contribution in [0.5, 0.6) is 0 Å². The molecule has 0 aromatic carbocycles. The summed E-state index contributed by atoms with van der Waals surface area (Å²) in [6.45, 7) is 1.10. The molecule has 3 rings (SSSR count). The van der Waals surface area contributed by atoms with Crippen molar-refractivity contribution < 1.29 is 9.52 Å². The average molecular weight is 274 g/mol. The summed E-state index contributed by atoms with van der Waals surface area (Å²) in [5.41, 5.74) is 1.06. The molecule has 106 valence electrons. The van der Waals surface area contributed by atoms with Gasteiger partial charge in [-0.3, -0.25) is 0 Å². The topological polar surface area (TPSA) is 83.2 Å². The number of furan rings is 1. The molecule has 0 spiro atoms. The standard InChI is InChI=1S/C14H18N4O2/c19-6-5-15-14-17-12(10-3-4-10)8-13(18-14)16-9-11-2-1-7-20-11/h1-2,7-8,10,19H,3-6,9H2,(H2,15,16,17,18). The van der Waals surface area contributed by atoms with E-state index in [1.807, 2.05) is 18.2 Å². The van der Waals surface area contributed by atoms with Gasteiger partial charge in [0.25, 0.3) is 0 Å². The first-order chi connectivity index (χ1) is 9.85. The second kappa shape index (κ2) is 5.92. The van der Waals surface area contributed by atoms with Gasteiger partial charge in [-0.1, -0.05) is 0 Å². The van der Waals surface area contributed by atoms with E-state index in [1.54, 1.807) is 6.26 Å². The fourth-order valence-corrected chi connectivity index (χ4v) is 1.98. The number of aliphatic hydroxyl groups excluding tert-OH is 1. The van der Waals surface area contributed by atoms with E-state index in [-0.39, 0.29) is 6.61 Å². The zero-order valence-corrected chi connectivity index (χ0v) is 11.2. The van der Waals surface area contributed by atoms with Gasteiger partial charge in [-0.15, -0.1) is 0 Å². The average Bonchev–Trinajstić information content (AvgIpc) is 3.20. The molecule has 0 saturated heterocycles. The first kappa shape index (κ1) is 12.9. The monoisotopic (exact) mass is 274 g/mol. The van der Waals surface area contributed by atoms with Crippen molar-refractivity contribution in [1.82, 2.24) is 9.97 Å². The second-order valence-electron chi connectivity index (χ2n) is 4.86. The molecule has 0 unspecified atom stereocenters. The van der Waals surface area contributed by atoms with Gasteiger partial charge in [0, 0.05) is 18.5 Å². The van der Waals surface area contributed by atoms with Crippen LogP contribution in [0.2, 0.25) is 0 Å². The molecule has 6 nitrogen and oxygen atoms in total. The molecule has 1 fully saturated rings. The molecule has 1 saturated carbocycles. The highest BCUT2D eigenvalue weighted by molar-refractivity contribution is 5.44. The van der Waals surface area contributed by atoms with Crippen LogP contribution in [-0.4, -0.2) is 28.2 Å². The van der Waals surface area contributed by atoms with Crippen LogP contribution in [0.1, 0.15) is 30.2 Å². The summed E-state index contributed by atoms with van der Waals surface area (Å²) in [4.78, 5) is 8.88. The van der Waals surface area contributed by atoms with Gasteiger partial charge in [-0.2, -0.15) is 4.98 Å². The highest BCUT2D eigenvalue weighted by Crippen LogP contribution is 2.39. The summed E-state index contributed by atoms with van der Waals surface area (Å²) in [6, 6.07) is 5.77. The summed E-state index contributed by atoms with van der Waals surface area (Å²) in [6.07, 6.45) is 4.03. The maximum absolute atomic E-state index is 8.87. The van der Waals surface area contributed by atoms with E-state index < -0.39 is 0 Å². The van der Waals surface area contributed by atoms with Crippen molar-refractivity contribution in [2.75, 3.05) is 23.8 Å². The predicted octanol–water partition coefficient (Wildman–Crippen LogP) is 1.96. The molecule has 2 aromatic rings. The number of nitrogens with one attached hydrogen (secondary N) is 2. The van der Waals surface area contributed by atoms with Crippen molar-refractivity contribution in [3.63, 3.8) is 0 Å². The minimum absolute atomic E-state index is 0.0617. The van der Waals surface area contributed by atoms with Crippen LogP contribution in [0.3, 0.4) is 0 Å². The molecular formula is C14H18N4O2. The van der Waals surface area contributed by atoms with Crippen LogP contribution in [-0.2, 0) is 6.54 Å². The lowest BCUT2D eigenvalue weighted by molar-refractivity contribution is 0.311. The lowest BCUT2D eigenvalue weighted by Crippen LogP contribution is -2.11. The lowest BCUT2D eigenvalue weighted by Gasteiger charge is -2.09. The fourth-order valence-electron chi connectivity index (χ4n) is 1.98. The molecule has 0 atom stereocenters. The third-order valence-electron chi connectivity index (χ3n) is 3.16. The maximum atomic E-state index is 8.87. The Hall–Kier alpha value is -2.08. The number of rotatable bonds is 7. The van der Waals surface area contributed by atoms with E-state index in [9.17, 15) is 0 Å². The van der Waals surface area contributed by atoms with Gasteiger partial charge < -0.3 is 20.2 Å². The highest BCUT2D eigenvalue weighted by Gasteiger charge is 2.26. The predicted molar refractivity (Wildman–Crippen MR) is 75.6 cm³/mol. The summed E-state index contributed by atoms with van der Waals surface area (Å²) in [5.74, 6) is 2.75. The van der Waals surface area contributed by atoms with Crippen molar-refractivity contribution in [3.05, 3.63) is 35.9 Å². The zero-order valence-electron chi connectivity index (χ0n) is 11.2. The maximum Gasteiger partial charge on any atom is 0.224 e. The Morgan fingerprint density at radius 3 is 2.90 bits per heavy atom. The zero-order chi connectivity index (χ0) is 13.8. The Bertz CT molecular complexity index is 552. The van der Waals surface area contributed by atoms with Crippen molar-refractivity contribution in [2.24, 2.45) is 0 Å². The van der Waals surface area contributed by atoms with Crippen molar-refractivity contribution >= 4 is 11.8 Å². The van der Waals surface area contributed by atoms with Crippen LogP contribution in [0.25, 0.3) is 0 Å². The Morgan fingerprint density at radius 1 is 1.30 bits per heavy atom. The van der Waals surface area contributed by atoms with Gasteiger partial charge >= 0.3 is 0 Å². The molecule has 0 aliphatic heterocycles. The van der Waals surface area contributed by atoms with Crippen LogP contribution in [0.4, 0.5) is 11.8 Å². The fraction of sp³-hybridized carbons (Fsp3) is 0.429. The SMILES string of the molecule is OCCNc1nc(NCc2ccco2)cc(C2CC2)n1. The summed E-state index contributed by atoms with van der Waals surface area (Å²) in [7, 11) is 0. The smallest absolute Gasteiger partial charge is 0.224 e. The van der Waals surface area contributed by atoms with E-state index in [0.717, 1.165) is 17.3 Å². The van der Waals surface area contributed by atoms with E-state index in [4.69, 9.17) is 9.52 Å². The number of nitrogens with zero attached hydrogens (tertiary/aromatic N) is 2. The van der Waals surface area contributed by atoms with Gasteiger partial charge in [0.15, 0.2) is 0 Å². The number of hydrogen-bond acceptors (Lipinski definition) is 6. The van der Waals surface area contributed by atoms with Gasteiger partial charge in [0.2, 0.25) is 5.95 Å². The lowest BCUT2D eigenvalue weighted by atomic mass is 10.3. The summed E-state index contributed by atoms with van der Waals surface area (Å²) >= 11 is 0. The molecule has 2 aromatic heterocycles. The highest BCUT2D eigenvalue weighted by atomic mass is 16.3. The molecule has 3 N–H and O–H groups in total. The Labute approximate surface area is 117 Å². The minimum atomic E-state index is 0.0617. The Kier molecular flexibility index (Phi) is 3.83. The molecule has 0 radical (unpaired) electrons. The second-order valence-corrected chi connectivity index (χ2v) is 4.86. The van der Waals surface area contributed by atoms with Crippen LogP contribution < -0.4 is 10.6 Å². The molecule has 0 bridgehead atoms. The Morgan fingerprint density at radius 2 is 2.20 bits per heavy atom. The van der Waals surface area contributed by atoms with Gasteiger partial charge in [-0.25, -0.2) is 4.98 Å². The van der Waals surface area contributed by atoms with E-state index in [1.165, 1.54) is 12.8 Å². The first-order valence-corrected chi connectivity index (χ1v) is 6.85. The quantitative estimate of drug-likeness (QED) is 0.716. The number of aliphatic hydroxyl groups is 1. The van der Waals surface area contributed by atoms with Crippen LogP contribution >= 0.6 is 0 Å². The number of aromatic nitrogens is 2. The van der Waals surface area contributed by atoms with Gasteiger partial charge in [0.1, 0.15) is 11.6 Å². The molecular weight excluding hydrogens is 256 g/mol. The minimum Gasteiger partial charge on any atom is -0.467 e. The molecule has 0 amide bonds. The van der Waals surface area contributed by atoms with Crippen LogP contribution in [0.15, 0.2) is 28.9 Å². The summed E-state index contributed by atoms with van der Waals surface area (Å²) < 4.78 is 5.29. The van der Waals surface area contributed by atoms with E-state index in [0.29, 0.717) is 25.0 Å². The molecule has 20 heavy (non-hydrogen) atoms. The first-order valence-electron chi connectivity index (χ1n) is 6.85. The number of anilines is 2. The van der Waals surface area contributed by atoms with E-state index in [2.05, 4.69) is 20.6 Å². The van der Waals surface area contributed by atoms with Crippen molar-refractivity contribution in [3.8, 4) is 0 Å². The van der Waals surface area contributed by atoms with Crippen molar-refractivity contribution in [1.29, 1.82) is 0 Å². The molecule has 1 aliphatic carbocycles. The third-order valence-corrected chi connectivity index (χ3v) is 3.16.